The van der Waals surface area contributed by atoms with Gasteiger partial charge in [-0.15, -0.1) is 6.42 Å². The van der Waals surface area contributed by atoms with Crippen molar-refractivity contribution < 1.29 is 0 Å². The van der Waals surface area contributed by atoms with Gasteiger partial charge in [-0.25, -0.2) is 9.98 Å². The number of benzene rings is 4. The Balaban J connectivity index is 2.02. The van der Waals surface area contributed by atoms with E-state index >= 15 is 0 Å². The fourth-order valence-electron chi connectivity index (χ4n) is 4.65. The molecule has 4 N–H and O–H groups in total. The molecule has 0 spiro atoms. The molecule has 0 saturated heterocycles. The number of hydrogen-bond acceptors (Lipinski definition) is 2. The molecule has 0 radical (unpaired) electrons. The third kappa shape index (κ3) is 8.04. The summed E-state index contributed by atoms with van der Waals surface area (Å²) in [5.41, 5.74) is 20.7. The molecular formula is C40H37N5. The minimum Gasteiger partial charge on any atom is -0.383 e. The number of hydrogen-bond donors (Lipinski definition) is 2. The van der Waals surface area contributed by atoms with E-state index in [1.807, 2.05) is 133 Å². The maximum Gasteiger partial charge on any atom is 0.201 e. The average Bonchev–Trinajstić information content (AvgIpc) is 3.08. The predicted molar refractivity (Wildman–Crippen MR) is 193 cm³/mol. The monoisotopic (exact) mass is 587 g/mol. The minimum absolute atomic E-state index is 0.198. The number of guanidine groups is 1. The Labute approximate surface area is 266 Å². The molecule has 45 heavy (non-hydrogen) atoms. The van der Waals surface area contributed by atoms with Crippen LogP contribution in [-0.4, -0.2) is 18.3 Å². The SMILES string of the molecule is C#C/C=C\CN(/C(N)=N/C(C(=C)C(=C)c1ccccc1)=C(/N=C(\N)c1ccccc1)c1ccccc1)c1ccccc1C(=C)C. The average molecular weight is 588 g/mol. The second kappa shape index (κ2) is 15.4. The van der Waals surface area contributed by atoms with Crippen LogP contribution in [0.25, 0.3) is 16.8 Å². The molecule has 5 heteroatoms. The number of para-hydroxylation sites is 1. The fraction of sp³-hybridized carbons (Fsp3) is 0.0500. The summed E-state index contributed by atoms with van der Waals surface area (Å²) in [6.45, 7) is 15.3. The second-order valence-corrected chi connectivity index (χ2v) is 10.2. The highest BCUT2D eigenvalue weighted by Crippen LogP contribution is 2.34. The molecule has 0 aromatic heterocycles. The molecule has 0 amide bonds. The van der Waals surface area contributed by atoms with E-state index in [0.717, 1.165) is 33.5 Å². The number of aliphatic imine (C=N–C) groups is 2. The molecule has 5 nitrogen and oxygen atoms in total. The Morgan fingerprint density at radius 1 is 0.756 bits per heavy atom. The first-order valence-corrected chi connectivity index (χ1v) is 14.4. The molecule has 0 bridgehead atoms. The largest absolute Gasteiger partial charge is 0.383 e. The van der Waals surface area contributed by atoms with E-state index in [9.17, 15) is 0 Å². The van der Waals surface area contributed by atoms with E-state index in [4.69, 9.17) is 27.9 Å². The quantitative estimate of drug-likeness (QED) is 0.0806. The molecular weight excluding hydrogens is 550 g/mol. The van der Waals surface area contributed by atoms with Gasteiger partial charge in [0.1, 0.15) is 11.5 Å². The van der Waals surface area contributed by atoms with Gasteiger partial charge >= 0.3 is 0 Å². The van der Waals surface area contributed by atoms with Crippen molar-refractivity contribution in [2.75, 3.05) is 11.4 Å². The Kier molecular flexibility index (Phi) is 10.9. The highest BCUT2D eigenvalue weighted by atomic mass is 15.3. The number of rotatable bonds is 11. The maximum absolute atomic E-state index is 6.91. The molecule has 0 saturated carbocycles. The lowest BCUT2D eigenvalue weighted by Gasteiger charge is -2.26. The van der Waals surface area contributed by atoms with Crippen LogP contribution in [0.4, 0.5) is 5.69 Å². The van der Waals surface area contributed by atoms with Crippen LogP contribution in [-0.2, 0) is 0 Å². The normalized spacial score (nSPS) is 12.3. The highest BCUT2D eigenvalue weighted by molar-refractivity contribution is 6.03. The number of allylic oxidation sites excluding steroid dienone is 3. The Morgan fingerprint density at radius 2 is 1.29 bits per heavy atom. The van der Waals surface area contributed by atoms with Crippen LogP contribution in [0, 0.1) is 12.3 Å². The van der Waals surface area contributed by atoms with Crippen molar-refractivity contribution in [3.05, 3.63) is 181 Å². The van der Waals surface area contributed by atoms with Crippen molar-refractivity contribution >= 4 is 34.3 Å². The van der Waals surface area contributed by atoms with E-state index in [2.05, 4.69) is 25.7 Å². The van der Waals surface area contributed by atoms with Crippen molar-refractivity contribution in [2.24, 2.45) is 21.5 Å². The molecule has 4 aromatic carbocycles. The van der Waals surface area contributed by atoms with Gasteiger partial charge in [0.2, 0.25) is 5.96 Å². The van der Waals surface area contributed by atoms with Gasteiger partial charge in [0.15, 0.2) is 0 Å². The number of anilines is 1. The van der Waals surface area contributed by atoms with E-state index in [1.54, 1.807) is 6.08 Å². The Morgan fingerprint density at radius 3 is 1.87 bits per heavy atom. The number of nitrogens with zero attached hydrogens (tertiary/aromatic N) is 3. The molecule has 0 aliphatic carbocycles. The van der Waals surface area contributed by atoms with Gasteiger partial charge in [-0.1, -0.05) is 141 Å². The van der Waals surface area contributed by atoms with Crippen LogP contribution in [0.15, 0.2) is 168 Å². The van der Waals surface area contributed by atoms with Crippen LogP contribution in [0.5, 0.6) is 0 Å². The Bertz CT molecular complexity index is 1840. The third-order valence-corrected chi connectivity index (χ3v) is 7.01. The number of nitrogens with two attached hydrogens (primary N) is 2. The van der Waals surface area contributed by atoms with Crippen molar-refractivity contribution in [3.8, 4) is 12.3 Å². The van der Waals surface area contributed by atoms with E-state index < -0.39 is 0 Å². The zero-order chi connectivity index (χ0) is 32.2. The van der Waals surface area contributed by atoms with Crippen LogP contribution in [0.3, 0.4) is 0 Å². The predicted octanol–water partition coefficient (Wildman–Crippen LogP) is 8.07. The van der Waals surface area contributed by atoms with Gasteiger partial charge in [-0.05, 0) is 35.8 Å². The summed E-state index contributed by atoms with van der Waals surface area (Å²) in [5.74, 6) is 3.07. The van der Waals surface area contributed by atoms with E-state index in [0.29, 0.717) is 34.9 Å². The molecule has 0 unspecified atom stereocenters. The first kappa shape index (κ1) is 31.8. The van der Waals surface area contributed by atoms with Gasteiger partial charge in [-0.2, -0.15) is 0 Å². The molecule has 4 aromatic rings. The molecule has 0 fully saturated rings. The van der Waals surface area contributed by atoms with Gasteiger partial charge in [0, 0.05) is 28.8 Å². The fourth-order valence-corrected chi connectivity index (χ4v) is 4.65. The number of terminal acetylenes is 1. The first-order valence-electron chi connectivity index (χ1n) is 14.4. The first-order chi connectivity index (χ1) is 21.8. The molecule has 4 rings (SSSR count). The number of amidine groups is 1. The van der Waals surface area contributed by atoms with Crippen molar-refractivity contribution in [2.45, 2.75) is 6.92 Å². The minimum atomic E-state index is 0.198. The van der Waals surface area contributed by atoms with Gasteiger partial charge in [0.05, 0.1) is 11.4 Å². The van der Waals surface area contributed by atoms with E-state index in [-0.39, 0.29) is 5.96 Å². The van der Waals surface area contributed by atoms with Crippen molar-refractivity contribution in [1.82, 2.24) is 0 Å². The highest BCUT2D eigenvalue weighted by Gasteiger charge is 2.20. The van der Waals surface area contributed by atoms with Crippen molar-refractivity contribution in [3.63, 3.8) is 0 Å². The molecule has 0 heterocycles. The lowest BCUT2D eigenvalue weighted by atomic mass is 9.96. The summed E-state index contributed by atoms with van der Waals surface area (Å²) in [6.07, 6.45) is 9.01. The zero-order valence-corrected chi connectivity index (χ0v) is 25.5. The Hall–Kier alpha value is -6.12. The maximum atomic E-state index is 6.91. The zero-order valence-electron chi connectivity index (χ0n) is 25.5. The summed E-state index contributed by atoms with van der Waals surface area (Å²) >= 11 is 0. The van der Waals surface area contributed by atoms with Gasteiger partial charge in [0.25, 0.3) is 0 Å². The summed E-state index contributed by atoms with van der Waals surface area (Å²) in [7, 11) is 0. The molecule has 222 valence electrons. The van der Waals surface area contributed by atoms with Crippen LogP contribution >= 0.6 is 0 Å². The summed E-state index contributed by atoms with van der Waals surface area (Å²) < 4.78 is 0. The van der Waals surface area contributed by atoms with Crippen LogP contribution in [0.2, 0.25) is 0 Å². The topological polar surface area (TPSA) is 80.0 Å². The molecule has 0 aliphatic heterocycles. The summed E-state index contributed by atoms with van der Waals surface area (Å²) in [4.78, 5) is 11.9. The molecule has 0 atom stereocenters. The standard InChI is InChI=1S/C40H37N5/c1-6-7-19-28-45(36-27-18-17-26-35(36)29(2)3)40(42)44-37(31(5)30(4)32-20-11-8-12-21-32)38(33-22-13-9-14-23-33)43-39(41)34-24-15-10-16-25-34/h1,7-27H,2,4-5,28H2,3H3,(H2,41,43)(H2,42,44)/b19-7-,38-37+. The van der Waals surface area contributed by atoms with Crippen LogP contribution in [0.1, 0.15) is 29.2 Å². The smallest absolute Gasteiger partial charge is 0.201 e. The van der Waals surface area contributed by atoms with Gasteiger partial charge < -0.3 is 16.4 Å². The lowest BCUT2D eigenvalue weighted by molar-refractivity contribution is 1.10. The lowest BCUT2D eigenvalue weighted by Crippen LogP contribution is -2.38. The molecule has 0 aliphatic rings. The second-order valence-electron chi connectivity index (χ2n) is 10.2. The third-order valence-electron chi connectivity index (χ3n) is 7.01. The van der Waals surface area contributed by atoms with Crippen molar-refractivity contribution in [1.29, 1.82) is 0 Å². The van der Waals surface area contributed by atoms with Gasteiger partial charge in [-0.3, -0.25) is 0 Å². The van der Waals surface area contributed by atoms with Crippen LogP contribution < -0.4 is 16.4 Å². The summed E-state index contributed by atoms with van der Waals surface area (Å²) in [5, 5.41) is 0. The summed E-state index contributed by atoms with van der Waals surface area (Å²) in [6, 6.07) is 37.0. The van der Waals surface area contributed by atoms with E-state index in [1.165, 1.54) is 0 Å².